The molecule has 0 spiro atoms. The predicted octanol–water partition coefficient (Wildman–Crippen LogP) is 2.55. The zero-order chi connectivity index (χ0) is 10.3. The molecule has 1 aromatic rings. The highest BCUT2D eigenvalue weighted by molar-refractivity contribution is 5.23. The normalized spacial score (nSPS) is 18.3. The Kier molecular flexibility index (Phi) is 2.23. The lowest BCUT2D eigenvalue weighted by molar-refractivity contribution is 0.148. The lowest BCUT2D eigenvalue weighted by Gasteiger charge is -2.10. The first-order valence-corrected chi connectivity index (χ1v) is 4.42. The molecular formula is C10H9F3O. The number of hydrogen-bond donors (Lipinski definition) is 1. The van der Waals surface area contributed by atoms with E-state index in [4.69, 9.17) is 0 Å². The van der Waals surface area contributed by atoms with Gasteiger partial charge in [0.2, 0.25) is 0 Å². The SMILES string of the molecule is OC(c1ccc(F)c(F)c1F)C1CC1. The van der Waals surface area contributed by atoms with Crippen LogP contribution in [0, 0.1) is 23.4 Å². The van der Waals surface area contributed by atoms with Crippen LogP contribution in [0.15, 0.2) is 12.1 Å². The minimum absolute atomic E-state index is 0.00522. The van der Waals surface area contributed by atoms with Gasteiger partial charge in [-0.05, 0) is 24.8 Å². The van der Waals surface area contributed by atoms with E-state index in [9.17, 15) is 18.3 Å². The third kappa shape index (κ3) is 1.50. The van der Waals surface area contributed by atoms with Crippen molar-refractivity contribution in [1.82, 2.24) is 0 Å². The largest absolute Gasteiger partial charge is 0.388 e. The molecule has 1 fully saturated rings. The van der Waals surface area contributed by atoms with Crippen LogP contribution in [0.25, 0.3) is 0 Å². The molecule has 2 rings (SSSR count). The van der Waals surface area contributed by atoms with Crippen LogP contribution in [0.1, 0.15) is 24.5 Å². The summed E-state index contributed by atoms with van der Waals surface area (Å²) in [6, 6.07) is 1.93. The lowest BCUT2D eigenvalue weighted by Crippen LogP contribution is -2.05. The van der Waals surface area contributed by atoms with E-state index in [1.807, 2.05) is 0 Å². The van der Waals surface area contributed by atoms with Gasteiger partial charge in [-0.1, -0.05) is 6.07 Å². The van der Waals surface area contributed by atoms with Gasteiger partial charge >= 0.3 is 0 Å². The third-order valence-corrected chi connectivity index (χ3v) is 2.45. The van der Waals surface area contributed by atoms with Crippen LogP contribution in [0.5, 0.6) is 0 Å². The topological polar surface area (TPSA) is 20.2 Å². The Balaban J connectivity index is 2.38. The molecule has 0 aromatic heterocycles. The van der Waals surface area contributed by atoms with Crippen molar-refractivity contribution >= 4 is 0 Å². The molecule has 1 atom stereocenters. The third-order valence-electron chi connectivity index (χ3n) is 2.45. The number of benzene rings is 1. The van der Waals surface area contributed by atoms with Crippen LogP contribution in [0.4, 0.5) is 13.2 Å². The van der Waals surface area contributed by atoms with E-state index in [-0.39, 0.29) is 11.5 Å². The fourth-order valence-electron chi connectivity index (χ4n) is 1.44. The maximum Gasteiger partial charge on any atom is 0.194 e. The van der Waals surface area contributed by atoms with Crippen LogP contribution >= 0.6 is 0 Å². The molecule has 1 N–H and O–H groups in total. The molecule has 4 heteroatoms. The number of aliphatic hydroxyl groups is 1. The summed E-state index contributed by atoms with van der Waals surface area (Å²) < 4.78 is 38.4. The molecule has 0 radical (unpaired) electrons. The van der Waals surface area contributed by atoms with Crippen molar-refractivity contribution in [3.63, 3.8) is 0 Å². The molecule has 1 aromatic carbocycles. The smallest absolute Gasteiger partial charge is 0.194 e. The molecule has 0 heterocycles. The van der Waals surface area contributed by atoms with Crippen LogP contribution < -0.4 is 0 Å². The molecule has 0 aliphatic heterocycles. The van der Waals surface area contributed by atoms with Crippen molar-refractivity contribution in [3.05, 3.63) is 35.1 Å². The van der Waals surface area contributed by atoms with Crippen molar-refractivity contribution in [1.29, 1.82) is 0 Å². The summed E-state index contributed by atoms with van der Waals surface area (Å²) in [5.41, 5.74) is -0.147. The summed E-state index contributed by atoms with van der Waals surface area (Å²) >= 11 is 0. The quantitative estimate of drug-likeness (QED) is 0.730. The minimum atomic E-state index is -1.51. The summed E-state index contributed by atoms with van der Waals surface area (Å²) in [6.07, 6.45) is 0.601. The van der Waals surface area contributed by atoms with Crippen molar-refractivity contribution in [2.45, 2.75) is 18.9 Å². The van der Waals surface area contributed by atoms with Gasteiger partial charge < -0.3 is 5.11 Å². The molecule has 14 heavy (non-hydrogen) atoms. The monoisotopic (exact) mass is 202 g/mol. The van der Waals surface area contributed by atoms with Crippen LogP contribution in [0.2, 0.25) is 0 Å². The van der Waals surface area contributed by atoms with E-state index < -0.39 is 23.6 Å². The Morgan fingerprint density at radius 2 is 1.79 bits per heavy atom. The Morgan fingerprint density at radius 3 is 2.36 bits per heavy atom. The molecule has 1 aliphatic carbocycles. The van der Waals surface area contributed by atoms with Gasteiger partial charge in [0.1, 0.15) is 0 Å². The summed E-state index contributed by atoms with van der Waals surface area (Å²) in [5, 5.41) is 9.53. The maximum absolute atomic E-state index is 13.1. The van der Waals surface area contributed by atoms with Gasteiger partial charge in [-0.3, -0.25) is 0 Å². The number of aliphatic hydroxyl groups excluding tert-OH is 1. The average Bonchev–Trinajstić information content (AvgIpc) is 2.97. The first-order valence-electron chi connectivity index (χ1n) is 4.42. The second-order valence-electron chi connectivity index (χ2n) is 3.55. The number of rotatable bonds is 2. The van der Waals surface area contributed by atoms with Crippen LogP contribution in [0.3, 0.4) is 0 Å². The molecule has 0 amide bonds. The molecule has 1 nitrogen and oxygen atoms in total. The van der Waals surface area contributed by atoms with Gasteiger partial charge in [-0.2, -0.15) is 0 Å². The molecular weight excluding hydrogens is 193 g/mol. The highest BCUT2D eigenvalue weighted by Crippen LogP contribution is 2.41. The van der Waals surface area contributed by atoms with Crippen LogP contribution in [-0.2, 0) is 0 Å². The van der Waals surface area contributed by atoms with Crippen molar-refractivity contribution in [2.24, 2.45) is 5.92 Å². The highest BCUT2D eigenvalue weighted by atomic mass is 19.2. The predicted molar refractivity (Wildman–Crippen MR) is 44.0 cm³/mol. The second kappa shape index (κ2) is 3.28. The summed E-state index contributed by atoms with van der Waals surface area (Å²) in [5.74, 6) is -4.02. The summed E-state index contributed by atoms with van der Waals surface area (Å²) in [6.45, 7) is 0. The maximum atomic E-state index is 13.1. The van der Waals surface area contributed by atoms with Gasteiger partial charge in [0.05, 0.1) is 6.10 Å². The fraction of sp³-hybridized carbons (Fsp3) is 0.400. The number of halogens is 3. The Hall–Kier alpha value is -1.03. The van der Waals surface area contributed by atoms with Gasteiger partial charge in [-0.25, -0.2) is 13.2 Å². The summed E-state index contributed by atoms with van der Waals surface area (Å²) in [4.78, 5) is 0. The van der Waals surface area contributed by atoms with Gasteiger partial charge in [0, 0.05) is 5.56 Å². The molecule has 0 bridgehead atoms. The van der Waals surface area contributed by atoms with E-state index in [0.29, 0.717) is 0 Å². The van der Waals surface area contributed by atoms with Crippen molar-refractivity contribution in [3.8, 4) is 0 Å². The molecule has 0 saturated heterocycles. The summed E-state index contributed by atoms with van der Waals surface area (Å²) in [7, 11) is 0. The molecule has 1 aliphatic rings. The standard InChI is InChI=1S/C10H9F3O/c11-7-4-3-6(8(12)9(7)13)10(14)5-1-2-5/h3-5,10,14H,1-2H2. The minimum Gasteiger partial charge on any atom is -0.388 e. The fourth-order valence-corrected chi connectivity index (χ4v) is 1.44. The van der Waals surface area contributed by atoms with Crippen molar-refractivity contribution < 1.29 is 18.3 Å². The number of hydrogen-bond acceptors (Lipinski definition) is 1. The average molecular weight is 202 g/mol. The molecule has 1 unspecified atom stereocenters. The van der Waals surface area contributed by atoms with E-state index >= 15 is 0 Å². The highest BCUT2D eigenvalue weighted by Gasteiger charge is 2.33. The first kappa shape index (κ1) is 9.52. The van der Waals surface area contributed by atoms with Crippen molar-refractivity contribution in [2.75, 3.05) is 0 Å². The van der Waals surface area contributed by atoms with E-state index in [0.717, 1.165) is 25.0 Å². The molecule has 1 saturated carbocycles. The van der Waals surface area contributed by atoms with Gasteiger partial charge in [0.25, 0.3) is 0 Å². The second-order valence-corrected chi connectivity index (χ2v) is 3.55. The van der Waals surface area contributed by atoms with E-state index in [1.54, 1.807) is 0 Å². The van der Waals surface area contributed by atoms with Gasteiger partial charge in [0.15, 0.2) is 17.5 Å². The zero-order valence-electron chi connectivity index (χ0n) is 7.30. The van der Waals surface area contributed by atoms with E-state index in [1.165, 1.54) is 0 Å². The van der Waals surface area contributed by atoms with Gasteiger partial charge in [-0.15, -0.1) is 0 Å². The Bertz CT molecular complexity index is 361. The lowest BCUT2D eigenvalue weighted by atomic mass is 10.0. The Labute approximate surface area is 79.2 Å². The van der Waals surface area contributed by atoms with Crippen LogP contribution in [-0.4, -0.2) is 5.11 Å². The van der Waals surface area contributed by atoms with E-state index in [2.05, 4.69) is 0 Å². The zero-order valence-corrected chi connectivity index (χ0v) is 7.30. The first-order chi connectivity index (χ1) is 6.61. The Morgan fingerprint density at radius 1 is 1.14 bits per heavy atom. The molecule has 76 valence electrons.